The summed E-state index contributed by atoms with van der Waals surface area (Å²) in [5.74, 6) is -1.99. The van der Waals surface area contributed by atoms with Crippen molar-refractivity contribution < 1.29 is 19.8 Å². The van der Waals surface area contributed by atoms with E-state index in [1.807, 2.05) is 25.1 Å². The van der Waals surface area contributed by atoms with Crippen molar-refractivity contribution in [2.75, 3.05) is 13.1 Å². The van der Waals surface area contributed by atoms with Crippen LogP contribution in [0, 0.1) is 17.8 Å². The predicted molar refractivity (Wildman–Crippen MR) is 68.0 cm³/mol. The highest BCUT2D eigenvalue weighted by Gasteiger charge is 2.80. The van der Waals surface area contributed by atoms with Crippen molar-refractivity contribution in [2.45, 2.75) is 19.9 Å². The Bertz CT molecular complexity index is 583. The zero-order valence-electron chi connectivity index (χ0n) is 11.5. The molecule has 0 amide bonds. The van der Waals surface area contributed by atoms with E-state index in [2.05, 4.69) is 5.10 Å². The first kappa shape index (κ1) is 13.1. The van der Waals surface area contributed by atoms with E-state index in [0.717, 1.165) is 11.3 Å². The fourth-order valence-corrected chi connectivity index (χ4v) is 3.56. The third-order valence-electron chi connectivity index (χ3n) is 4.71. The lowest BCUT2D eigenvalue weighted by molar-refractivity contribution is -0.151. The van der Waals surface area contributed by atoms with Gasteiger partial charge in [-0.25, -0.2) is 0 Å². The van der Waals surface area contributed by atoms with Gasteiger partial charge in [-0.3, -0.25) is 19.2 Å². The van der Waals surface area contributed by atoms with Crippen LogP contribution in [0.2, 0.25) is 0 Å². The van der Waals surface area contributed by atoms with E-state index < -0.39 is 22.8 Å². The van der Waals surface area contributed by atoms with Gasteiger partial charge in [0.25, 0.3) is 0 Å². The van der Waals surface area contributed by atoms with Gasteiger partial charge in [0.05, 0.1) is 16.5 Å². The molecule has 1 aliphatic carbocycles. The Morgan fingerprint density at radius 3 is 2.25 bits per heavy atom. The van der Waals surface area contributed by atoms with Crippen molar-refractivity contribution in [2.24, 2.45) is 17.9 Å². The molecule has 0 radical (unpaired) electrons. The monoisotopic (exact) mass is 279 g/mol. The van der Waals surface area contributed by atoms with Crippen molar-refractivity contribution >= 4 is 11.9 Å². The molecule has 1 aromatic rings. The molecule has 1 saturated heterocycles. The van der Waals surface area contributed by atoms with E-state index in [1.54, 1.807) is 4.68 Å². The van der Waals surface area contributed by atoms with Gasteiger partial charge in [0, 0.05) is 38.4 Å². The minimum Gasteiger partial charge on any atom is -0.481 e. The van der Waals surface area contributed by atoms with Gasteiger partial charge in [-0.05, 0) is 13.3 Å². The number of carbonyl (C=O) groups is 2. The van der Waals surface area contributed by atoms with Gasteiger partial charge in [-0.2, -0.15) is 5.10 Å². The minimum atomic E-state index is -1.10. The van der Waals surface area contributed by atoms with Crippen LogP contribution in [-0.2, 0) is 23.2 Å². The van der Waals surface area contributed by atoms with Crippen molar-refractivity contribution in [1.82, 2.24) is 14.7 Å². The average molecular weight is 279 g/mol. The smallest absolute Gasteiger partial charge is 0.312 e. The first-order chi connectivity index (χ1) is 9.30. The highest BCUT2D eigenvalue weighted by Crippen LogP contribution is 2.68. The fraction of sp³-hybridized carbons (Fsp3) is 0.615. The van der Waals surface area contributed by atoms with Crippen LogP contribution in [0.5, 0.6) is 0 Å². The summed E-state index contributed by atoms with van der Waals surface area (Å²) in [6, 6.07) is 0. The van der Waals surface area contributed by atoms with Gasteiger partial charge in [0.2, 0.25) is 0 Å². The maximum absolute atomic E-state index is 11.4. The molecule has 0 bridgehead atoms. The molecule has 2 atom stereocenters. The van der Waals surface area contributed by atoms with Crippen molar-refractivity contribution in [3.63, 3.8) is 0 Å². The Labute approximate surface area is 115 Å². The van der Waals surface area contributed by atoms with E-state index in [9.17, 15) is 19.8 Å². The van der Waals surface area contributed by atoms with E-state index in [1.165, 1.54) is 0 Å². The van der Waals surface area contributed by atoms with Crippen LogP contribution in [0.3, 0.4) is 0 Å². The number of carboxylic acids is 2. The molecular weight excluding hydrogens is 262 g/mol. The first-order valence-corrected chi connectivity index (χ1v) is 6.49. The second-order valence-corrected chi connectivity index (χ2v) is 6.01. The Morgan fingerprint density at radius 2 is 1.85 bits per heavy atom. The van der Waals surface area contributed by atoms with Gasteiger partial charge in [-0.15, -0.1) is 0 Å². The van der Waals surface area contributed by atoms with Crippen LogP contribution in [0.4, 0.5) is 0 Å². The lowest BCUT2D eigenvalue weighted by atomic mass is 9.97. The molecule has 2 heterocycles. The highest BCUT2D eigenvalue weighted by atomic mass is 16.4. The standard InChI is InChI=1S/C13H17N3O4/c1-8-9(3-15(2)14-8)4-16-6-12(10(17)18)5-13(12,7-16)11(19)20/h3H,4-7H2,1-2H3,(H,17,18)(H,19,20)/t12-,13+. The van der Waals surface area contributed by atoms with Crippen molar-refractivity contribution in [3.05, 3.63) is 17.5 Å². The molecule has 1 aromatic heterocycles. The molecule has 1 aliphatic heterocycles. The maximum atomic E-state index is 11.4. The van der Waals surface area contributed by atoms with Gasteiger partial charge in [-0.1, -0.05) is 0 Å². The topological polar surface area (TPSA) is 95.7 Å². The molecule has 7 nitrogen and oxygen atoms in total. The van der Waals surface area contributed by atoms with Gasteiger partial charge < -0.3 is 10.2 Å². The van der Waals surface area contributed by atoms with E-state index in [4.69, 9.17) is 0 Å². The van der Waals surface area contributed by atoms with Crippen LogP contribution in [0.25, 0.3) is 0 Å². The third kappa shape index (κ3) is 1.53. The summed E-state index contributed by atoms with van der Waals surface area (Å²) in [5, 5.41) is 23.0. The van der Waals surface area contributed by atoms with Gasteiger partial charge >= 0.3 is 11.9 Å². The second kappa shape index (κ2) is 3.82. The van der Waals surface area contributed by atoms with Gasteiger partial charge in [0.1, 0.15) is 0 Å². The average Bonchev–Trinajstić information content (AvgIpc) is 2.72. The number of rotatable bonds is 4. The predicted octanol–water partition coefficient (Wildman–Crippen LogP) is 0.0898. The molecule has 3 rings (SSSR count). The Kier molecular flexibility index (Phi) is 2.50. The van der Waals surface area contributed by atoms with Gasteiger partial charge in [0.15, 0.2) is 0 Å². The number of fused-ring (bicyclic) bond motifs is 1. The Balaban J connectivity index is 1.81. The molecule has 1 saturated carbocycles. The van der Waals surface area contributed by atoms with Crippen molar-refractivity contribution in [1.29, 1.82) is 0 Å². The van der Waals surface area contributed by atoms with Crippen LogP contribution >= 0.6 is 0 Å². The summed E-state index contributed by atoms with van der Waals surface area (Å²) >= 11 is 0. The number of hydrogen-bond acceptors (Lipinski definition) is 4. The SMILES string of the molecule is Cc1nn(C)cc1CN1C[C@@]2(C(=O)O)C[C@@]2(C(=O)O)C1. The van der Waals surface area contributed by atoms with E-state index >= 15 is 0 Å². The largest absolute Gasteiger partial charge is 0.481 e. The van der Waals surface area contributed by atoms with Crippen LogP contribution in [-0.4, -0.2) is 49.9 Å². The number of nitrogens with zero attached hydrogens (tertiary/aromatic N) is 3. The molecule has 2 fully saturated rings. The zero-order chi connectivity index (χ0) is 14.7. The summed E-state index contributed by atoms with van der Waals surface area (Å²) in [5.41, 5.74) is -0.305. The molecule has 0 aromatic carbocycles. The number of likely N-dealkylation sites (tertiary alicyclic amines) is 1. The number of aliphatic carboxylic acids is 2. The molecular formula is C13H17N3O4. The number of aryl methyl sites for hydroxylation is 2. The lowest BCUT2D eigenvalue weighted by Gasteiger charge is -2.18. The van der Waals surface area contributed by atoms with E-state index in [0.29, 0.717) is 19.6 Å². The number of carboxylic acid groups (broad SMARTS) is 2. The summed E-state index contributed by atoms with van der Waals surface area (Å²) in [6.07, 6.45) is 2.13. The second-order valence-electron chi connectivity index (χ2n) is 6.01. The normalized spacial score (nSPS) is 32.1. The summed E-state index contributed by atoms with van der Waals surface area (Å²) < 4.78 is 1.71. The summed E-state index contributed by atoms with van der Waals surface area (Å²) in [6.45, 7) is 3.03. The minimum absolute atomic E-state index is 0.243. The summed E-state index contributed by atoms with van der Waals surface area (Å²) in [7, 11) is 1.83. The number of hydrogen-bond donors (Lipinski definition) is 2. The maximum Gasteiger partial charge on any atom is 0.312 e. The molecule has 2 N–H and O–H groups in total. The first-order valence-electron chi connectivity index (χ1n) is 6.49. The lowest BCUT2D eigenvalue weighted by Crippen LogP contribution is -2.28. The summed E-state index contributed by atoms with van der Waals surface area (Å²) in [4.78, 5) is 24.8. The third-order valence-corrected chi connectivity index (χ3v) is 4.71. The number of aromatic nitrogens is 2. The van der Waals surface area contributed by atoms with Crippen molar-refractivity contribution in [3.8, 4) is 0 Å². The quantitative estimate of drug-likeness (QED) is 0.811. The molecule has 2 aliphatic rings. The highest BCUT2D eigenvalue weighted by molar-refractivity contribution is 5.94. The molecule has 0 spiro atoms. The van der Waals surface area contributed by atoms with Crippen LogP contribution in [0.1, 0.15) is 17.7 Å². The molecule has 108 valence electrons. The fourth-order valence-electron chi connectivity index (χ4n) is 3.56. The molecule has 0 unspecified atom stereocenters. The Morgan fingerprint density at radius 1 is 1.30 bits per heavy atom. The van der Waals surface area contributed by atoms with E-state index in [-0.39, 0.29) is 6.42 Å². The van der Waals surface area contributed by atoms with Crippen LogP contribution < -0.4 is 0 Å². The molecule has 7 heteroatoms. The molecule has 20 heavy (non-hydrogen) atoms. The van der Waals surface area contributed by atoms with Crippen LogP contribution in [0.15, 0.2) is 6.20 Å². The number of piperidine rings is 1. The Hall–Kier alpha value is -1.89. The zero-order valence-corrected chi connectivity index (χ0v) is 11.5.